The number of hydrogen-bond acceptors (Lipinski definition) is 5. The molecule has 0 radical (unpaired) electrons. The first kappa shape index (κ1) is 18.2. The SMILES string of the molecule is Cc1noc(C2CCN(C(=O)COc3cccc(C(F)(F)F)c3)CC2)n1. The van der Waals surface area contributed by atoms with Gasteiger partial charge in [0.15, 0.2) is 12.4 Å². The molecule has 1 aromatic heterocycles. The Morgan fingerprint density at radius 1 is 1.35 bits per heavy atom. The van der Waals surface area contributed by atoms with Crippen LogP contribution in [-0.4, -0.2) is 40.6 Å². The zero-order chi connectivity index (χ0) is 18.7. The van der Waals surface area contributed by atoms with E-state index < -0.39 is 11.7 Å². The largest absolute Gasteiger partial charge is 0.484 e. The number of aryl methyl sites for hydroxylation is 1. The number of carbonyl (C=O) groups is 1. The molecule has 140 valence electrons. The Balaban J connectivity index is 1.50. The van der Waals surface area contributed by atoms with E-state index in [0.717, 1.165) is 12.1 Å². The average molecular weight is 369 g/mol. The van der Waals surface area contributed by atoms with Crippen LogP contribution in [0.4, 0.5) is 13.2 Å². The van der Waals surface area contributed by atoms with Gasteiger partial charge in [0.2, 0.25) is 5.89 Å². The molecule has 2 aromatic rings. The van der Waals surface area contributed by atoms with Crippen LogP contribution >= 0.6 is 0 Å². The van der Waals surface area contributed by atoms with Gasteiger partial charge in [-0.25, -0.2) is 0 Å². The maximum Gasteiger partial charge on any atom is 0.416 e. The molecule has 0 aliphatic carbocycles. The van der Waals surface area contributed by atoms with Gasteiger partial charge in [0.25, 0.3) is 5.91 Å². The lowest BCUT2D eigenvalue weighted by atomic mass is 9.97. The molecule has 1 aliphatic rings. The molecule has 6 nitrogen and oxygen atoms in total. The summed E-state index contributed by atoms with van der Waals surface area (Å²) in [6.07, 6.45) is -3.06. The van der Waals surface area contributed by atoms with E-state index in [1.165, 1.54) is 12.1 Å². The van der Waals surface area contributed by atoms with Gasteiger partial charge in [-0.1, -0.05) is 11.2 Å². The number of alkyl halides is 3. The highest BCUT2D eigenvalue weighted by atomic mass is 19.4. The molecule has 0 spiro atoms. The summed E-state index contributed by atoms with van der Waals surface area (Å²) >= 11 is 0. The van der Waals surface area contributed by atoms with Crippen LogP contribution in [0, 0.1) is 6.92 Å². The Hall–Kier alpha value is -2.58. The zero-order valence-electron chi connectivity index (χ0n) is 14.1. The van der Waals surface area contributed by atoms with E-state index in [4.69, 9.17) is 9.26 Å². The van der Waals surface area contributed by atoms with E-state index in [1.807, 2.05) is 0 Å². The summed E-state index contributed by atoms with van der Waals surface area (Å²) < 4.78 is 48.5. The smallest absolute Gasteiger partial charge is 0.416 e. The van der Waals surface area contributed by atoms with Gasteiger partial charge < -0.3 is 14.2 Å². The van der Waals surface area contributed by atoms with Crippen molar-refractivity contribution in [1.29, 1.82) is 0 Å². The van der Waals surface area contributed by atoms with E-state index in [1.54, 1.807) is 11.8 Å². The normalized spacial score (nSPS) is 15.9. The fourth-order valence-electron chi connectivity index (χ4n) is 2.85. The fourth-order valence-corrected chi connectivity index (χ4v) is 2.85. The average Bonchev–Trinajstić information content (AvgIpc) is 3.06. The Labute approximate surface area is 147 Å². The predicted octanol–water partition coefficient (Wildman–Crippen LogP) is 3.18. The van der Waals surface area contributed by atoms with Crippen molar-refractivity contribution in [1.82, 2.24) is 15.0 Å². The number of rotatable bonds is 4. The maximum absolute atomic E-state index is 12.7. The Kier molecular flexibility index (Phi) is 5.15. The first-order valence-corrected chi connectivity index (χ1v) is 8.21. The topological polar surface area (TPSA) is 68.5 Å². The number of likely N-dealkylation sites (tertiary alicyclic amines) is 1. The second kappa shape index (κ2) is 7.35. The molecule has 0 atom stereocenters. The van der Waals surface area contributed by atoms with Gasteiger partial charge >= 0.3 is 6.18 Å². The Morgan fingerprint density at radius 2 is 2.08 bits per heavy atom. The summed E-state index contributed by atoms with van der Waals surface area (Å²) in [5.74, 6) is 1.03. The number of halogens is 3. The number of benzene rings is 1. The highest BCUT2D eigenvalue weighted by Crippen LogP contribution is 2.31. The molecule has 1 saturated heterocycles. The first-order valence-electron chi connectivity index (χ1n) is 8.21. The van der Waals surface area contributed by atoms with Crippen LogP contribution in [0.5, 0.6) is 5.75 Å². The molecule has 0 unspecified atom stereocenters. The summed E-state index contributed by atoms with van der Waals surface area (Å²) in [4.78, 5) is 18.1. The molecule has 3 rings (SSSR count). The molecule has 1 amide bonds. The van der Waals surface area contributed by atoms with Crippen molar-refractivity contribution in [2.24, 2.45) is 0 Å². The lowest BCUT2D eigenvalue weighted by Crippen LogP contribution is -2.40. The molecule has 1 aromatic carbocycles. The van der Waals surface area contributed by atoms with Gasteiger partial charge in [0, 0.05) is 19.0 Å². The first-order chi connectivity index (χ1) is 12.3. The summed E-state index contributed by atoms with van der Waals surface area (Å²) in [5.41, 5.74) is -0.807. The summed E-state index contributed by atoms with van der Waals surface area (Å²) in [6, 6.07) is 4.49. The molecule has 9 heteroatoms. The van der Waals surface area contributed by atoms with Gasteiger partial charge in [0.05, 0.1) is 5.56 Å². The van der Waals surface area contributed by atoms with Crippen LogP contribution in [0.2, 0.25) is 0 Å². The Morgan fingerprint density at radius 3 is 2.69 bits per heavy atom. The number of hydrogen-bond donors (Lipinski definition) is 0. The van der Waals surface area contributed by atoms with Crippen LogP contribution in [-0.2, 0) is 11.0 Å². The van der Waals surface area contributed by atoms with Crippen LogP contribution in [0.1, 0.15) is 36.0 Å². The van der Waals surface area contributed by atoms with Gasteiger partial charge in [-0.2, -0.15) is 18.2 Å². The highest BCUT2D eigenvalue weighted by molar-refractivity contribution is 5.77. The minimum atomic E-state index is -4.45. The minimum Gasteiger partial charge on any atom is -0.484 e. The number of nitrogens with zero attached hydrogens (tertiary/aromatic N) is 3. The third-order valence-electron chi connectivity index (χ3n) is 4.26. The van der Waals surface area contributed by atoms with Gasteiger partial charge in [0.1, 0.15) is 5.75 Å². The summed E-state index contributed by atoms with van der Waals surface area (Å²) in [6.45, 7) is 2.47. The molecule has 0 N–H and O–H groups in total. The molecule has 2 heterocycles. The zero-order valence-corrected chi connectivity index (χ0v) is 14.1. The van der Waals surface area contributed by atoms with Gasteiger partial charge in [-0.3, -0.25) is 4.79 Å². The van der Waals surface area contributed by atoms with Crippen LogP contribution < -0.4 is 4.74 Å². The van der Waals surface area contributed by atoms with E-state index in [-0.39, 0.29) is 24.2 Å². The van der Waals surface area contributed by atoms with Crippen molar-refractivity contribution in [3.05, 3.63) is 41.5 Å². The predicted molar refractivity (Wildman–Crippen MR) is 84.5 cm³/mol. The lowest BCUT2D eigenvalue weighted by Gasteiger charge is -2.30. The minimum absolute atomic E-state index is 0.0180. The number of ether oxygens (including phenoxy) is 1. The second-order valence-corrected chi connectivity index (χ2v) is 6.15. The standard InChI is InChI=1S/C17H18F3N3O3/c1-11-21-16(26-22-11)12-5-7-23(8-6-12)15(24)10-25-14-4-2-3-13(9-14)17(18,19)20/h2-4,9,12H,5-8,10H2,1H3. The molecular weight excluding hydrogens is 351 g/mol. The lowest BCUT2D eigenvalue weighted by molar-refractivity contribution is -0.137. The highest BCUT2D eigenvalue weighted by Gasteiger charge is 2.31. The third kappa shape index (κ3) is 4.33. The summed E-state index contributed by atoms with van der Waals surface area (Å²) in [7, 11) is 0. The quantitative estimate of drug-likeness (QED) is 0.828. The molecule has 0 bridgehead atoms. The van der Waals surface area contributed by atoms with E-state index >= 15 is 0 Å². The number of carbonyl (C=O) groups excluding carboxylic acids is 1. The van der Waals surface area contributed by atoms with Gasteiger partial charge in [-0.15, -0.1) is 0 Å². The second-order valence-electron chi connectivity index (χ2n) is 6.15. The molecule has 26 heavy (non-hydrogen) atoms. The third-order valence-corrected chi connectivity index (χ3v) is 4.26. The maximum atomic E-state index is 12.7. The molecule has 1 fully saturated rings. The van der Waals surface area contributed by atoms with E-state index in [2.05, 4.69) is 10.1 Å². The van der Waals surface area contributed by atoms with Crippen molar-refractivity contribution in [2.45, 2.75) is 31.9 Å². The van der Waals surface area contributed by atoms with Crippen LogP contribution in [0.15, 0.2) is 28.8 Å². The monoisotopic (exact) mass is 369 g/mol. The molecular formula is C17H18F3N3O3. The van der Waals surface area contributed by atoms with Crippen LogP contribution in [0.25, 0.3) is 0 Å². The van der Waals surface area contributed by atoms with E-state index in [9.17, 15) is 18.0 Å². The Bertz CT molecular complexity index is 768. The van der Waals surface area contributed by atoms with E-state index in [0.29, 0.717) is 37.6 Å². The fraction of sp³-hybridized carbons (Fsp3) is 0.471. The van der Waals surface area contributed by atoms with Crippen molar-refractivity contribution >= 4 is 5.91 Å². The molecule has 0 saturated carbocycles. The van der Waals surface area contributed by atoms with Crippen molar-refractivity contribution < 1.29 is 27.2 Å². The summed E-state index contributed by atoms with van der Waals surface area (Å²) in [5, 5.41) is 3.77. The number of piperidine rings is 1. The van der Waals surface area contributed by atoms with Gasteiger partial charge in [-0.05, 0) is 38.0 Å². The van der Waals surface area contributed by atoms with Crippen molar-refractivity contribution in [3.63, 3.8) is 0 Å². The van der Waals surface area contributed by atoms with Crippen LogP contribution in [0.3, 0.4) is 0 Å². The van der Waals surface area contributed by atoms with Crippen molar-refractivity contribution in [3.8, 4) is 5.75 Å². The molecule has 1 aliphatic heterocycles. The number of aromatic nitrogens is 2. The van der Waals surface area contributed by atoms with Crippen molar-refractivity contribution in [2.75, 3.05) is 19.7 Å². The number of amides is 1.